The molecule has 122 valence electrons. The highest BCUT2D eigenvalue weighted by molar-refractivity contribution is 5.39. The third kappa shape index (κ3) is 3.63. The molecule has 1 heterocycles. The Morgan fingerprint density at radius 1 is 1.39 bits per heavy atom. The summed E-state index contributed by atoms with van der Waals surface area (Å²) >= 11 is 0. The molecule has 1 heteroatoms. The number of hydrogen-bond acceptors (Lipinski definition) is 1. The summed E-state index contributed by atoms with van der Waals surface area (Å²) in [5.41, 5.74) is 2.85. The molecule has 1 fully saturated rings. The second kappa shape index (κ2) is 7.26. The Morgan fingerprint density at radius 3 is 3.09 bits per heavy atom. The van der Waals surface area contributed by atoms with Gasteiger partial charge in [-0.2, -0.15) is 0 Å². The van der Waals surface area contributed by atoms with Crippen molar-refractivity contribution in [1.82, 2.24) is 0 Å². The van der Waals surface area contributed by atoms with Crippen molar-refractivity contribution in [3.63, 3.8) is 0 Å². The van der Waals surface area contributed by atoms with Gasteiger partial charge in [0, 0.05) is 18.8 Å². The second-order valence-electron chi connectivity index (χ2n) is 7.25. The van der Waals surface area contributed by atoms with E-state index in [9.17, 15) is 0 Å². The monoisotopic (exact) mass is 308 g/mol. The average molecular weight is 308 g/mol. The third-order valence-corrected chi connectivity index (χ3v) is 5.27. The Balaban J connectivity index is 1.65. The highest BCUT2D eigenvalue weighted by atomic mass is 16.5. The van der Waals surface area contributed by atoms with E-state index in [4.69, 9.17) is 4.74 Å². The fourth-order valence-electron chi connectivity index (χ4n) is 4.03. The van der Waals surface area contributed by atoms with Crippen molar-refractivity contribution in [2.45, 2.75) is 59.0 Å². The first kappa shape index (κ1) is 16.2. The van der Waals surface area contributed by atoms with Gasteiger partial charge >= 0.3 is 0 Å². The Hall–Kier alpha value is -1.68. The minimum atomic E-state index is 0.411. The molecule has 0 aromatic carbocycles. The first-order valence-corrected chi connectivity index (χ1v) is 8.99. The molecule has 0 amide bonds. The van der Waals surface area contributed by atoms with Gasteiger partial charge in [0.25, 0.3) is 0 Å². The zero-order chi connectivity index (χ0) is 16.2. The van der Waals surface area contributed by atoms with Crippen LogP contribution in [0.1, 0.15) is 52.9 Å². The molecular weight excluding hydrogens is 280 g/mol. The van der Waals surface area contributed by atoms with E-state index < -0.39 is 0 Å². The lowest BCUT2D eigenvalue weighted by molar-refractivity contribution is 0.122. The molecule has 0 saturated heterocycles. The molecule has 0 bridgehead atoms. The van der Waals surface area contributed by atoms with Gasteiger partial charge in [-0.3, -0.25) is 0 Å². The first-order valence-electron chi connectivity index (χ1n) is 8.99. The van der Waals surface area contributed by atoms with Gasteiger partial charge in [0.15, 0.2) is 0 Å². The van der Waals surface area contributed by atoms with Crippen molar-refractivity contribution in [3.05, 3.63) is 47.3 Å². The molecule has 1 saturated carbocycles. The molecule has 4 atom stereocenters. The van der Waals surface area contributed by atoms with Crippen LogP contribution < -0.4 is 0 Å². The molecule has 0 spiro atoms. The highest BCUT2D eigenvalue weighted by Crippen LogP contribution is 2.48. The number of rotatable bonds is 4. The number of fused-ring (bicyclic) bond motifs is 2. The Kier molecular flexibility index (Phi) is 5.11. The summed E-state index contributed by atoms with van der Waals surface area (Å²) in [7, 11) is 0. The maximum Gasteiger partial charge on any atom is 0.106 e. The quantitative estimate of drug-likeness (QED) is 0.487. The van der Waals surface area contributed by atoms with E-state index in [2.05, 4.69) is 56.1 Å². The predicted molar refractivity (Wildman–Crippen MR) is 96.6 cm³/mol. The minimum Gasteiger partial charge on any atom is -0.493 e. The molecule has 3 aliphatic rings. The van der Waals surface area contributed by atoms with Crippen LogP contribution in [0.2, 0.25) is 0 Å². The number of hydrogen-bond donors (Lipinski definition) is 0. The van der Waals surface area contributed by atoms with Crippen molar-refractivity contribution in [1.29, 1.82) is 0 Å². The molecule has 0 aromatic rings. The van der Waals surface area contributed by atoms with Crippen LogP contribution in [-0.2, 0) is 4.74 Å². The molecule has 3 rings (SSSR count). The van der Waals surface area contributed by atoms with Gasteiger partial charge in [-0.25, -0.2) is 0 Å². The lowest BCUT2D eigenvalue weighted by Gasteiger charge is -2.16. The molecule has 2 aliphatic carbocycles. The van der Waals surface area contributed by atoms with Crippen molar-refractivity contribution < 1.29 is 4.74 Å². The number of allylic oxidation sites excluding steroid dienone is 6. The zero-order valence-corrected chi connectivity index (χ0v) is 14.6. The smallest absolute Gasteiger partial charge is 0.106 e. The van der Waals surface area contributed by atoms with E-state index in [1.54, 1.807) is 0 Å². The summed E-state index contributed by atoms with van der Waals surface area (Å²) < 4.78 is 6.29. The van der Waals surface area contributed by atoms with Crippen molar-refractivity contribution in [2.24, 2.45) is 17.8 Å². The zero-order valence-electron chi connectivity index (χ0n) is 14.6. The Bertz CT molecular complexity index is 620. The summed E-state index contributed by atoms with van der Waals surface area (Å²) in [5.74, 6) is 9.27. The van der Waals surface area contributed by atoms with Gasteiger partial charge in [0.2, 0.25) is 0 Å². The Morgan fingerprint density at radius 2 is 2.26 bits per heavy atom. The van der Waals surface area contributed by atoms with E-state index in [1.807, 2.05) is 6.92 Å². The third-order valence-electron chi connectivity index (χ3n) is 5.27. The standard InChI is InChI=1S/C22H28O/c1-4-5-8-16(2)9-6-11-18-13-14-20-22(18)19-12-7-10-17(3)15-21(19)23-20/h6-7,10-12,16,18,20,22H,8-9,13-15H2,1-3H3/b11-6+/t16?,18-,20-,22-/m0/s1. The maximum atomic E-state index is 6.29. The van der Waals surface area contributed by atoms with Gasteiger partial charge < -0.3 is 4.74 Å². The van der Waals surface area contributed by atoms with Crippen LogP contribution in [-0.4, -0.2) is 6.10 Å². The van der Waals surface area contributed by atoms with E-state index in [1.165, 1.54) is 29.7 Å². The van der Waals surface area contributed by atoms with E-state index in [0.717, 1.165) is 19.3 Å². The van der Waals surface area contributed by atoms with Crippen LogP contribution in [0.5, 0.6) is 0 Å². The van der Waals surface area contributed by atoms with Crippen LogP contribution in [0.15, 0.2) is 47.3 Å². The summed E-state index contributed by atoms with van der Waals surface area (Å²) in [4.78, 5) is 0. The van der Waals surface area contributed by atoms with Crippen molar-refractivity contribution in [3.8, 4) is 11.8 Å². The largest absolute Gasteiger partial charge is 0.493 e. The normalized spacial score (nSPS) is 30.2. The van der Waals surface area contributed by atoms with E-state index in [-0.39, 0.29) is 0 Å². The van der Waals surface area contributed by atoms with Crippen molar-refractivity contribution in [2.75, 3.05) is 0 Å². The molecule has 0 radical (unpaired) electrons. The maximum absolute atomic E-state index is 6.29. The molecule has 1 unspecified atom stereocenters. The van der Waals surface area contributed by atoms with Crippen LogP contribution in [0.25, 0.3) is 0 Å². The Labute approximate surface area is 141 Å². The molecule has 1 nitrogen and oxygen atoms in total. The molecule has 0 aromatic heterocycles. The lowest BCUT2D eigenvalue weighted by Crippen LogP contribution is -2.15. The summed E-state index contributed by atoms with van der Waals surface area (Å²) in [5, 5.41) is 0. The second-order valence-corrected chi connectivity index (χ2v) is 7.25. The summed E-state index contributed by atoms with van der Waals surface area (Å²) in [6.07, 6.45) is 17.5. The fourth-order valence-corrected chi connectivity index (χ4v) is 4.03. The minimum absolute atomic E-state index is 0.411. The van der Waals surface area contributed by atoms with Gasteiger partial charge in [-0.15, -0.1) is 11.8 Å². The topological polar surface area (TPSA) is 9.23 Å². The molecule has 23 heavy (non-hydrogen) atoms. The van der Waals surface area contributed by atoms with Gasteiger partial charge in [-0.05, 0) is 50.5 Å². The van der Waals surface area contributed by atoms with Gasteiger partial charge in [0.05, 0.1) is 0 Å². The molecule has 1 aliphatic heterocycles. The SMILES string of the molecule is CC#CCC(C)C/C=C/[C@H]1CC[C@@H]2OC3=C(C=CC=C(C)C3)[C@@H]21. The van der Waals surface area contributed by atoms with Crippen molar-refractivity contribution >= 4 is 0 Å². The lowest BCUT2D eigenvalue weighted by atomic mass is 9.87. The van der Waals surface area contributed by atoms with Crippen LogP contribution in [0.3, 0.4) is 0 Å². The fraction of sp³-hybridized carbons (Fsp3) is 0.545. The summed E-state index contributed by atoms with van der Waals surface area (Å²) in [6.45, 7) is 6.40. The molecule has 0 N–H and O–H groups in total. The van der Waals surface area contributed by atoms with Crippen LogP contribution >= 0.6 is 0 Å². The van der Waals surface area contributed by atoms with E-state index in [0.29, 0.717) is 23.9 Å². The predicted octanol–water partition coefficient (Wildman–Crippen LogP) is 5.57. The van der Waals surface area contributed by atoms with Gasteiger partial charge in [0.1, 0.15) is 11.9 Å². The first-order chi connectivity index (χ1) is 11.2. The summed E-state index contributed by atoms with van der Waals surface area (Å²) in [6, 6.07) is 0. The van der Waals surface area contributed by atoms with E-state index >= 15 is 0 Å². The highest BCUT2D eigenvalue weighted by Gasteiger charge is 2.44. The number of ether oxygens (including phenoxy) is 1. The van der Waals surface area contributed by atoms with Gasteiger partial charge in [-0.1, -0.05) is 42.9 Å². The van der Waals surface area contributed by atoms with Crippen LogP contribution in [0.4, 0.5) is 0 Å². The van der Waals surface area contributed by atoms with Crippen LogP contribution in [0, 0.1) is 29.6 Å². The average Bonchev–Trinajstić information content (AvgIpc) is 3.00. The molecular formula is C22H28O.